The van der Waals surface area contributed by atoms with Crippen molar-refractivity contribution in [2.75, 3.05) is 0 Å². The van der Waals surface area contributed by atoms with E-state index in [1.54, 1.807) is 18.2 Å². The first-order chi connectivity index (χ1) is 19.8. The number of aromatic amines is 1. The predicted molar refractivity (Wildman–Crippen MR) is 140 cm³/mol. The zero-order valence-electron chi connectivity index (χ0n) is 20.9. The van der Waals surface area contributed by atoms with E-state index in [2.05, 4.69) is 25.7 Å². The normalized spacial score (nSPS) is 14.7. The number of hydrogen-bond donors (Lipinski definition) is 3. The molecule has 0 radical (unpaired) electrons. The summed E-state index contributed by atoms with van der Waals surface area (Å²) in [5.74, 6) is -3.53. The van der Waals surface area contributed by atoms with Crippen LogP contribution in [0.2, 0.25) is 0 Å². The van der Waals surface area contributed by atoms with Crippen molar-refractivity contribution in [1.82, 2.24) is 25.7 Å². The molecule has 3 heterocycles. The van der Waals surface area contributed by atoms with E-state index in [0.29, 0.717) is 28.1 Å². The number of carboxylic acid groups (broad SMARTS) is 1. The van der Waals surface area contributed by atoms with Crippen LogP contribution in [0.3, 0.4) is 0 Å². The fourth-order valence-electron chi connectivity index (χ4n) is 4.67. The summed E-state index contributed by atoms with van der Waals surface area (Å²) in [5.41, 5.74) is 2.46. The Labute approximate surface area is 229 Å². The lowest BCUT2D eigenvalue weighted by atomic mass is 9.89. The number of fused-ring (bicyclic) bond motifs is 1. The molecule has 0 saturated heterocycles. The first-order valence-electron chi connectivity index (χ1n) is 12.2. The molecule has 0 spiro atoms. The topological polar surface area (TPSA) is 134 Å². The highest BCUT2D eigenvalue weighted by Gasteiger charge is 2.32. The maximum atomic E-state index is 14.6. The van der Waals surface area contributed by atoms with Crippen LogP contribution >= 0.6 is 0 Å². The van der Waals surface area contributed by atoms with Crippen molar-refractivity contribution in [3.63, 3.8) is 0 Å². The van der Waals surface area contributed by atoms with Gasteiger partial charge in [0.05, 0.1) is 23.0 Å². The molecule has 9 nitrogen and oxygen atoms in total. The van der Waals surface area contributed by atoms with Crippen molar-refractivity contribution in [2.24, 2.45) is 0 Å². The van der Waals surface area contributed by atoms with Gasteiger partial charge in [-0.25, -0.2) is 18.0 Å². The van der Waals surface area contributed by atoms with Crippen LogP contribution in [0.4, 0.5) is 13.2 Å². The lowest BCUT2D eigenvalue weighted by Gasteiger charge is -2.26. The van der Waals surface area contributed by atoms with Gasteiger partial charge in [0, 0.05) is 40.8 Å². The van der Waals surface area contributed by atoms with Gasteiger partial charge in [0.2, 0.25) is 11.8 Å². The molecule has 0 aliphatic carbocycles. The Morgan fingerprint density at radius 1 is 0.951 bits per heavy atom. The third-order valence-corrected chi connectivity index (χ3v) is 6.63. The summed E-state index contributed by atoms with van der Waals surface area (Å²) in [6.45, 7) is 0. The van der Waals surface area contributed by atoms with Crippen molar-refractivity contribution in [3.05, 3.63) is 112 Å². The quantitative estimate of drug-likeness (QED) is 0.253. The molecule has 3 aromatic carbocycles. The third-order valence-electron chi connectivity index (χ3n) is 6.63. The smallest absolute Gasteiger partial charge is 0.335 e. The number of carbonyl (C=O) groups is 2. The Morgan fingerprint density at radius 2 is 1.68 bits per heavy atom. The maximum Gasteiger partial charge on any atom is 0.335 e. The minimum absolute atomic E-state index is 0.0173. The summed E-state index contributed by atoms with van der Waals surface area (Å²) in [7, 11) is 0. The number of aromatic nitrogens is 4. The molecular weight excluding hydrogens is 539 g/mol. The minimum atomic E-state index is -1.10. The third kappa shape index (κ3) is 4.98. The predicted octanol–water partition coefficient (Wildman–Crippen LogP) is 5.44. The highest BCUT2D eigenvalue weighted by atomic mass is 19.1. The zero-order chi connectivity index (χ0) is 28.7. The second-order valence-corrected chi connectivity index (χ2v) is 9.21. The standard InChI is InChI=1S/C29H18F3N5O4/c30-17-7-5-15(6-8-17)28-37-35-24(41-28)10-9-22-25(14-1-3-16(4-2-14)29(39)40)26(36-34-22)23-13-19-20(27(38)33-23)11-18(31)12-21(19)32/h1-12,23H,13H2,(H,33,38)(H,34,36)(H,39,40)/b10-9+. The van der Waals surface area contributed by atoms with Gasteiger partial charge in [-0.05, 0) is 54.1 Å². The van der Waals surface area contributed by atoms with Gasteiger partial charge in [0.25, 0.3) is 5.91 Å². The number of rotatable bonds is 6. The molecule has 12 heteroatoms. The van der Waals surface area contributed by atoms with Crippen molar-refractivity contribution < 1.29 is 32.3 Å². The molecule has 3 N–H and O–H groups in total. The van der Waals surface area contributed by atoms with E-state index >= 15 is 0 Å². The molecule has 204 valence electrons. The highest BCUT2D eigenvalue weighted by molar-refractivity contribution is 5.97. The molecule has 41 heavy (non-hydrogen) atoms. The SMILES string of the molecule is O=C(O)c1ccc(-c2c(/C=C/c3nnc(-c4ccc(F)cc4)o3)n[nH]c2C2Cc3c(F)cc(F)cc3C(=O)N2)cc1. The van der Waals surface area contributed by atoms with Crippen molar-refractivity contribution in [3.8, 4) is 22.6 Å². The van der Waals surface area contributed by atoms with E-state index in [4.69, 9.17) is 4.42 Å². The minimum Gasteiger partial charge on any atom is -0.478 e. The first-order valence-corrected chi connectivity index (χ1v) is 12.2. The maximum absolute atomic E-state index is 14.6. The average Bonchev–Trinajstić information content (AvgIpc) is 3.60. The van der Waals surface area contributed by atoms with E-state index in [-0.39, 0.29) is 34.9 Å². The van der Waals surface area contributed by atoms with Crippen LogP contribution in [-0.2, 0) is 6.42 Å². The van der Waals surface area contributed by atoms with E-state index in [1.165, 1.54) is 42.5 Å². The van der Waals surface area contributed by atoms with Crippen LogP contribution in [0.15, 0.2) is 65.1 Å². The number of hydrogen-bond acceptors (Lipinski definition) is 6. The monoisotopic (exact) mass is 557 g/mol. The van der Waals surface area contributed by atoms with Gasteiger partial charge in [0.15, 0.2) is 0 Å². The lowest BCUT2D eigenvalue weighted by molar-refractivity contribution is 0.0696. The first kappa shape index (κ1) is 25.7. The number of aromatic carboxylic acids is 1. The largest absolute Gasteiger partial charge is 0.478 e. The number of carboxylic acids is 1. The Kier molecular flexibility index (Phi) is 6.42. The summed E-state index contributed by atoms with van der Waals surface area (Å²) in [6.07, 6.45) is 3.10. The zero-order valence-corrected chi connectivity index (χ0v) is 20.9. The van der Waals surface area contributed by atoms with E-state index in [9.17, 15) is 27.9 Å². The number of H-pyrrole nitrogens is 1. The summed E-state index contributed by atoms with van der Waals surface area (Å²) in [5, 5.41) is 27.3. The fourth-order valence-corrected chi connectivity index (χ4v) is 4.67. The van der Waals surface area contributed by atoms with Crippen LogP contribution in [0, 0.1) is 17.5 Å². The number of nitrogens with one attached hydrogen (secondary N) is 2. The molecule has 0 fully saturated rings. The average molecular weight is 557 g/mol. The molecule has 0 saturated carbocycles. The van der Waals surface area contributed by atoms with Gasteiger partial charge in [-0.15, -0.1) is 10.2 Å². The Morgan fingerprint density at radius 3 is 2.41 bits per heavy atom. The molecule has 1 aliphatic heterocycles. The van der Waals surface area contributed by atoms with Gasteiger partial charge in [-0.2, -0.15) is 5.10 Å². The fraction of sp³-hybridized carbons (Fsp3) is 0.0690. The van der Waals surface area contributed by atoms with Crippen LogP contribution < -0.4 is 5.32 Å². The number of nitrogens with zero attached hydrogens (tertiary/aromatic N) is 3. The van der Waals surface area contributed by atoms with Gasteiger partial charge in [-0.1, -0.05) is 12.1 Å². The molecule has 5 aromatic rings. The van der Waals surface area contributed by atoms with Crippen molar-refractivity contribution >= 4 is 24.0 Å². The Bertz CT molecular complexity index is 1830. The van der Waals surface area contributed by atoms with Crippen LogP contribution in [0.1, 0.15) is 49.6 Å². The number of carbonyl (C=O) groups excluding carboxylic acids is 1. The number of amides is 1. The number of halogens is 3. The molecular formula is C29H18F3N5O4. The van der Waals surface area contributed by atoms with Crippen LogP contribution in [0.5, 0.6) is 0 Å². The Hall–Kier alpha value is -5.52. The summed E-state index contributed by atoms with van der Waals surface area (Å²) < 4.78 is 47.3. The second-order valence-electron chi connectivity index (χ2n) is 9.21. The van der Waals surface area contributed by atoms with Crippen LogP contribution in [-0.4, -0.2) is 37.4 Å². The molecule has 1 unspecified atom stereocenters. The van der Waals surface area contributed by atoms with Gasteiger partial charge < -0.3 is 14.8 Å². The van der Waals surface area contributed by atoms with E-state index < -0.39 is 35.4 Å². The summed E-state index contributed by atoms with van der Waals surface area (Å²) in [4.78, 5) is 24.2. The molecule has 1 amide bonds. The van der Waals surface area contributed by atoms with Gasteiger partial charge in [-0.3, -0.25) is 9.89 Å². The summed E-state index contributed by atoms with van der Waals surface area (Å²) >= 11 is 0. The van der Waals surface area contributed by atoms with E-state index in [1.807, 2.05) is 0 Å². The number of benzene rings is 3. The highest BCUT2D eigenvalue weighted by Crippen LogP contribution is 2.36. The molecule has 6 rings (SSSR count). The Balaban J connectivity index is 1.38. The molecule has 1 atom stereocenters. The van der Waals surface area contributed by atoms with Gasteiger partial charge >= 0.3 is 5.97 Å². The van der Waals surface area contributed by atoms with Gasteiger partial charge in [0.1, 0.15) is 17.5 Å². The lowest BCUT2D eigenvalue weighted by Crippen LogP contribution is -2.36. The molecule has 2 aromatic heterocycles. The van der Waals surface area contributed by atoms with Crippen LogP contribution in [0.25, 0.3) is 34.7 Å². The molecule has 0 bridgehead atoms. The second kappa shape index (κ2) is 10.2. The van der Waals surface area contributed by atoms with E-state index in [0.717, 1.165) is 12.1 Å². The van der Waals surface area contributed by atoms with Crippen molar-refractivity contribution in [2.45, 2.75) is 12.5 Å². The summed E-state index contributed by atoms with van der Waals surface area (Å²) in [6, 6.07) is 12.5. The molecule has 1 aliphatic rings. The van der Waals surface area contributed by atoms with Crippen molar-refractivity contribution in [1.29, 1.82) is 0 Å².